The van der Waals surface area contributed by atoms with Crippen molar-refractivity contribution in [3.05, 3.63) is 23.8 Å². The molecule has 1 aliphatic rings. The monoisotopic (exact) mass is 168 g/mol. The second-order valence-corrected chi connectivity index (χ2v) is 3.18. The fourth-order valence-corrected chi connectivity index (χ4v) is 1.58. The zero-order chi connectivity index (χ0) is 8.97. The molecule has 0 amide bonds. The van der Waals surface area contributed by atoms with Gasteiger partial charge in [0.05, 0.1) is 6.61 Å². The highest BCUT2D eigenvalue weighted by Crippen LogP contribution is 2.24. The SMILES string of the molecule is CCC1C=CC(CO)=CC1CO. The van der Waals surface area contributed by atoms with Crippen LogP contribution in [-0.4, -0.2) is 23.4 Å². The van der Waals surface area contributed by atoms with Gasteiger partial charge in [-0.3, -0.25) is 0 Å². The zero-order valence-electron chi connectivity index (χ0n) is 7.40. The molecule has 0 saturated carbocycles. The Labute approximate surface area is 73.2 Å². The smallest absolute Gasteiger partial charge is 0.0678 e. The van der Waals surface area contributed by atoms with E-state index in [4.69, 9.17) is 10.2 Å². The first kappa shape index (κ1) is 9.49. The van der Waals surface area contributed by atoms with E-state index in [-0.39, 0.29) is 19.1 Å². The predicted octanol–water partition coefficient (Wildman–Crippen LogP) is 1.11. The topological polar surface area (TPSA) is 40.5 Å². The Morgan fingerprint density at radius 1 is 1.33 bits per heavy atom. The number of aliphatic hydroxyl groups is 2. The van der Waals surface area contributed by atoms with E-state index in [1.807, 2.05) is 12.2 Å². The molecule has 0 aliphatic heterocycles. The van der Waals surface area contributed by atoms with Crippen LogP contribution in [0.3, 0.4) is 0 Å². The van der Waals surface area contributed by atoms with E-state index >= 15 is 0 Å². The number of allylic oxidation sites excluding steroid dienone is 1. The largest absolute Gasteiger partial charge is 0.396 e. The van der Waals surface area contributed by atoms with E-state index < -0.39 is 0 Å². The lowest BCUT2D eigenvalue weighted by Crippen LogP contribution is -2.17. The summed E-state index contributed by atoms with van der Waals surface area (Å²) >= 11 is 0. The minimum atomic E-state index is 0.0729. The average Bonchev–Trinajstić information content (AvgIpc) is 2.16. The first-order chi connectivity index (χ1) is 5.81. The normalized spacial score (nSPS) is 28.8. The van der Waals surface area contributed by atoms with Gasteiger partial charge in [-0.15, -0.1) is 0 Å². The van der Waals surface area contributed by atoms with E-state index in [1.165, 1.54) is 0 Å². The molecule has 1 rings (SSSR count). The van der Waals surface area contributed by atoms with Crippen molar-refractivity contribution in [2.45, 2.75) is 13.3 Å². The minimum absolute atomic E-state index is 0.0729. The van der Waals surface area contributed by atoms with Crippen molar-refractivity contribution >= 4 is 0 Å². The summed E-state index contributed by atoms with van der Waals surface area (Å²) in [6.45, 7) is 2.35. The highest BCUT2D eigenvalue weighted by molar-refractivity contribution is 5.25. The molecule has 0 saturated heterocycles. The Hall–Kier alpha value is -0.600. The third kappa shape index (κ3) is 1.96. The van der Waals surface area contributed by atoms with Gasteiger partial charge in [0.2, 0.25) is 0 Å². The summed E-state index contributed by atoms with van der Waals surface area (Å²) in [5, 5.41) is 17.9. The summed E-state index contributed by atoms with van der Waals surface area (Å²) in [6, 6.07) is 0. The second kappa shape index (κ2) is 4.43. The number of hydrogen-bond acceptors (Lipinski definition) is 2. The van der Waals surface area contributed by atoms with Crippen molar-refractivity contribution in [2.75, 3.05) is 13.2 Å². The molecule has 1 aliphatic carbocycles. The van der Waals surface area contributed by atoms with Crippen LogP contribution in [0.1, 0.15) is 13.3 Å². The van der Waals surface area contributed by atoms with Crippen LogP contribution in [-0.2, 0) is 0 Å². The number of rotatable bonds is 3. The lowest BCUT2D eigenvalue weighted by Gasteiger charge is -2.22. The maximum atomic E-state index is 9.05. The van der Waals surface area contributed by atoms with Gasteiger partial charge in [0, 0.05) is 12.5 Å². The van der Waals surface area contributed by atoms with Gasteiger partial charge in [-0.1, -0.05) is 25.2 Å². The molecule has 2 heteroatoms. The maximum absolute atomic E-state index is 9.05. The number of aliphatic hydroxyl groups excluding tert-OH is 2. The third-order valence-electron chi connectivity index (χ3n) is 2.40. The molecule has 2 atom stereocenters. The van der Waals surface area contributed by atoms with Crippen molar-refractivity contribution in [1.82, 2.24) is 0 Å². The standard InChI is InChI=1S/C10H16O2/c1-2-9-4-3-8(6-11)5-10(9)7-12/h3-5,9-12H,2,6-7H2,1H3. The molecule has 0 heterocycles. The molecule has 2 N–H and O–H groups in total. The van der Waals surface area contributed by atoms with E-state index in [2.05, 4.69) is 13.0 Å². The quantitative estimate of drug-likeness (QED) is 0.662. The van der Waals surface area contributed by atoms with Crippen LogP contribution in [0, 0.1) is 11.8 Å². The van der Waals surface area contributed by atoms with Crippen molar-refractivity contribution in [3.8, 4) is 0 Å². The lowest BCUT2D eigenvalue weighted by molar-refractivity contribution is 0.219. The van der Waals surface area contributed by atoms with E-state index in [0.29, 0.717) is 5.92 Å². The summed E-state index contributed by atoms with van der Waals surface area (Å²) < 4.78 is 0. The van der Waals surface area contributed by atoms with Gasteiger partial charge in [0.15, 0.2) is 0 Å². The first-order valence-electron chi connectivity index (χ1n) is 4.42. The Morgan fingerprint density at radius 3 is 2.58 bits per heavy atom. The molecule has 0 radical (unpaired) electrons. The van der Waals surface area contributed by atoms with Crippen LogP contribution in [0.2, 0.25) is 0 Å². The summed E-state index contributed by atoms with van der Waals surface area (Å²) in [6.07, 6.45) is 7.03. The fraction of sp³-hybridized carbons (Fsp3) is 0.600. The van der Waals surface area contributed by atoms with Crippen LogP contribution in [0.5, 0.6) is 0 Å². The van der Waals surface area contributed by atoms with Crippen LogP contribution >= 0.6 is 0 Å². The van der Waals surface area contributed by atoms with Crippen molar-refractivity contribution in [2.24, 2.45) is 11.8 Å². The highest BCUT2D eigenvalue weighted by atomic mass is 16.3. The molecule has 2 unspecified atom stereocenters. The van der Waals surface area contributed by atoms with Crippen molar-refractivity contribution in [3.63, 3.8) is 0 Å². The van der Waals surface area contributed by atoms with Gasteiger partial charge in [-0.2, -0.15) is 0 Å². The van der Waals surface area contributed by atoms with E-state index in [1.54, 1.807) is 0 Å². The zero-order valence-corrected chi connectivity index (χ0v) is 7.40. The van der Waals surface area contributed by atoms with Gasteiger partial charge < -0.3 is 10.2 Å². The minimum Gasteiger partial charge on any atom is -0.396 e. The van der Waals surface area contributed by atoms with Gasteiger partial charge in [-0.25, -0.2) is 0 Å². The molecule has 68 valence electrons. The van der Waals surface area contributed by atoms with Gasteiger partial charge in [0.25, 0.3) is 0 Å². The molecule has 2 nitrogen and oxygen atoms in total. The number of hydrogen-bond donors (Lipinski definition) is 2. The molecule has 12 heavy (non-hydrogen) atoms. The van der Waals surface area contributed by atoms with Crippen molar-refractivity contribution < 1.29 is 10.2 Å². The summed E-state index contributed by atoms with van der Waals surface area (Å²) in [5.41, 5.74) is 0.916. The third-order valence-corrected chi connectivity index (χ3v) is 2.40. The average molecular weight is 168 g/mol. The molecule has 0 aromatic rings. The summed E-state index contributed by atoms with van der Waals surface area (Å²) in [7, 11) is 0. The van der Waals surface area contributed by atoms with Crippen LogP contribution in [0.25, 0.3) is 0 Å². The first-order valence-corrected chi connectivity index (χ1v) is 4.42. The van der Waals surface area contributed by atoms with E-state index in [9.17, 15) is 0 Å². The maximum Gasteiger partial charge on any atom is 0.0678 e. The lowest BCUT2D eigenvalue weighted by atomic mass is 9.85. The predicted molar refractivity (Wildman–Crippen MR) is 48.7 cm³/mol. The van der Waals surface area contributed by atoms with E-state index in [0.717, 1.165) is 12.0 Å². The molecule has 0 bridgehead atoms. The highest BCUT2D eigenvalue weighted by Gasteiger charge is 2.17. The van der Waals surface area contributed by atoms with Crippen LogP contribution in [0.4, 0.5) is 0 Å². The Morgan fingerprint density at radius 2 is 2.08 bits per heavy atom. The Balaban J connectivity index is 2.67. The second-order valence-electron chi connectivity index (χ2n) is 3.18. The molecular formula is C10H16O2. The van der Waals surface area contributed by atoms with Gasteiger partial charge >= 0.3 is 0 Å². The molecule has 0 aromatic carbocycles. The molecule has 0 spiro atoms. The Bertz CT molecular complexity index is 194. The summed E-state index contributed by atoms with van der Waals surface area (Å²) in [5.74, 6) is 0.632. The van der Waals surface area contributed by atoms with Crippen LogP contribution in [0.15, 0.2) is 23.8 Å². The summed E-state index contributed by atoms with van der Waals surface area (Å²) in [4.78, 5) is 0. The van der Waals surface area contributed by atoms with Crippen molar-refractivity contribution in [1.29, 1.82) is 0 Å². The fourth-order valence-electron chi connectivity index (χ4n) is 1.58. The molecule has 0 fully saturated rings. The Kier molecular flexibility index (Phi) is 3.50. The van der Waals surface area contributed by atoms with Gasteiger partial charge in [-0.05, 0) is 17.9 Å². The van der Waals surface area contributed by atoms with Crippen LogP contribution < -0.4 is 0 Å². The van der Waals surface area contributed by atoms with Gasteiger partial charge in [0.1, 0.15) is 0 Å². The molecule has 0 aromatic heterocycles. The molecular weight excluding hydrogens is 152 g/mol.